The van der Waals surface area contributed by atoms with Crippen molar-refractivity contribution in [1.29, 1.82) is 0 Å². The molecule has 0 saturated carbocycles. The lowest BCUT2D eigenvalue weighted by Gasteiger charge is -2.16. The van der Waals surface area contributed by atoms with Gasteiger partial charge in [0.25, 0.3) is 0 Å². The number of hydrogen-bond donors (Lipinski definition) is 2. The molecule has 2 nitrogen and oxygen atoms in total. The molecule has 106 valence electrons. The molecule has 0 aliphatic carbocycles. The van der Waals surface area contributed by atoms with Crippen LogP contribution in [0.5, 0.6) is 0 Å². The van der Waals surface area contributed by atoms with Crippen LogP contribution in [0.4, 0.5) is 4.39 Å². The van der Waals surface area contributed by atoms with E-state index < -0.39 is 0 Å². The molecule has 0 amide bonds. The Labute approximate surface area is 123 Å². The van der Waals surface area contributed by atoms with E-state index in [2.05, 4.69) is 30.5 Å². The van der Waals surface area contributed by atoms with Crippen molar-refractivity contribution in [2.24, 2.45) is 5.84 Å². The number of thioether (sulfide) groups is 1. The number of hydrogen-bond acceptors (Lipinski definition) is 3. The Morgan fingerprint density at radius 1 is 1.20 bits per heavy atom. The maximum absolute atomic E-state index is 13.6. The fourth-order valence-electron chi connectivity index (χ4n) is 2.04. The fourth-order valence-corrected chi connectivity index (χ4v) is 3.02. The number of hydrazine groups is 1. The van der Waals surface area contributed by atoms with E-state index >= 15 is 0 Å². The summed E-state index contributed by atoms with van der Waals surface area (Å²) in [5.41, 5.74) is 5.29. The summed E-state index contributed by atoms with van der Waals surface area (Å²) in [6, 6.07) is 15.3. The average molecular weight is 290 g/mol. The molecule has 0 radical (unpaired) electrons. The Kier molecular flexibility index (Phi) is 5.59. The summed E-state index contributed by atoms with van der Waals surface area (Å²) in [6.07, 6.45) is 0.833. The number of nitrogens with two attached hydrogens (primary N) is 1. The second-order valence-corrected chi connectivity index (χ2v) is 5.86. The van der Waals surface area contributed by atoms with E-state index in [1.807, 2.05) is 12.1 Å². The van der Waals surface area contributed by atoms with Crippen LogP contribution in [0.25, 0.3) is 0 Å². The zero-order valence-corrected chi connectivity index (χ0v) is 12.3. The highest BCUT2D eigenvalue weighted by atomic mass is 32.2. The topological polar surface area (TPSA) is 38.0 Å². The molecule has 2 aromatic rings. The number of aryl methyl sites for hydroxylation is 1. The summed E-state index contributed by atoms with van der Waals surface area (Å²) in [6.45, 7) is 2.07. The highest BCUT2D eigenvalue weighted by Crippen LogP contribution is 2.22. The molecule has 0 bridgehead atoms. The molecule has 20 heavy (non-hydrogen) atoms. The van der Waals surface area contributed by atoms with Crippen molar-refractivity contribution in [2.45, 2.75) is 24.3 Å². The van der Waals surface area contributed by atoms with E-state index in [1.165, 1.54) is 29.0 Å². The molecule has 0 aromatic heterocycles. The van der Waals surface area contributed by atoms with Crippen molar-refractivity contribution in [2.75, 3.05) is 5.75 Å². The lowest BCUT2D eigenvalue weighted by molar-refractivity contribution is 0.573. The van der Waals surface area contributed by atoms with Crippen LogP contribution in [-0.4, -0.2) is 11.8 Å². The molecule has 0 saturated heterocycles. The van der Waals surface area contributed by atoms with Gasteiger partial charge in [0.1, 0.15) is 5.82 Å². The molecule has 2 aromatic carbocycles. The van der Waals surface area contributed by atoms with Crippen LogP contribution in [0.3, 0.4) is 0 Å². The molecule has 0 fully saturated rings. The van der Waals surface area contributed by atoms with Gasteiger partial charge in [-0.25, -0.2) is 4.39 Å². The van der Waals surface area contributed by atoms with E-state index in [0.717, 1.165) is 12.2 Å². The van der Waals surface area contributed by atoms with E-state index in [9.17, 15) is 4.39 Å². The van der Waals surface area contributed by atoms with Gasteiger partial charge in [0.05, 0.1) is 0 Å². The van der Waals surface area contributed by atoms with Gasteiger partial charge in [0.15, 0.2) is 0 Å². The van der Waals surface area contributed by atoms with Crippen molar-refractivity contribution in [3.8, 4) is 0 Å². The molecular weight excluding hydrogens is 271 g/mol. The Morgan fingerprint density at radius 3 is 2.70 bits per heavy atom. The highest BCUT2D eigenvalue weighted by Gasteiger charge is 2.10. The van der Waals surface area contributed by atoms with Crippen molar-refractivity contribution in [3.05, 3.63) is 65.5 Å². The number of benzene rings is 2. The van der Waals surface area contributed by atoms with Crippen LogP contribution in [0.2, 0.25) is 0 Å². The summed E-state index contributed by atoms with van der Waals surface area (Å²) in [5, 5.41) is 0. The van der Waals surface area contributed by atoms with Gasteiger partial charge in [0, 0.05) is 16.7 Å². The average Bonchev–Trinajstić information content (AvgIpc) is 2.45. The number of rotatable bonds is 6. The molecule has 0 spiro atoms. The van der Waals surface area contributed by atoms with Crippen LogP contribution in [0.1, 0.15) is 11.1 Å². The molecule has 4 heteroatoms. The van der Waals surface area contributed by atoms with Crippen LogP contribution in [0.15, 0.2) is 53.4 Å². The van der Waals surface area contributed by atoms with Gasteiger partial charge in [-0.3, -0.25) is 11.3 Å². The van der Waals surface area contributed by atoms with Crippen LogP contribution in [0, 0.1) is 12.7 Å². The predicted octanol–water partition coefficient (Wildman–Crippen LogP) is 3.30. The van der Waals surface area contributed by atoms with E-state index in [-0.39, 0.29) is 11.9 Å². The van der Waals surface area contributed by atoms with Gasteiger partial charge in [-0.2, -0.15) is 0 Å². The second kappa shape index (κ2) is 7.43. The SMILES string of the molecule is Cc1cccc(CC(CSc2ccccc2F)NN)c1. The highest BCUT2D eigenvalue weighted by molar-refractivity contribution is 7.99. The molecule has 0 aliphatic rings. The molecule has 3 N–H and O–H groups in total. The Hall–Kier alpha value is -1.36. The molecule has 1 atom stereocenters. The lowest BCUT2D eigenvalue weighted by atomic mass is 10.1. The monoisotopic (exact) mass is 290 g/mol. The van der Waals surface area contributed by atoms with E-state index in [4.69, 9.17) is 5.84 Å². The van der Waals surface area contributed by atoms with Gasteiger partial charge in [-0.1, -0.05) is 42.0 Å². The van der Waals surface area contributed by atoms with Gasteiger partial charge in [-0.15, -0.1) is 11.8 Å². The van der Waals surface area contributed by atoms with Gasteiger partial charge in [-0.05, 0) is 31.0 Å². The third kappa shape index (κ3) is 4.34. The zero-order chi connectivity index (χ0) is 14.4. The van der Waals surface area contributed by atoms with Crippen molar-refractivity contribution < 1.29 is 4.39 Å². The number of nitrogens with one attached hydrogen (secondary N) is 1. The second-order valence-electron chi connectivity index (χ2n) is 4.80. The van der Waals surface area contributed by atoms with Gasteiger partial charge >= 0.3 is 0 Å². The predicted molar refractivity (Wildman–Crippen MR) is 83.1 cm³/mol. The largest absolute Gasteiger partial charge is 0.271 e. The smallest absolute Gasteiger partial charge is 0.136 e. The summed E-state index contributed by atoms with van der Waals surface area (Å²) >= 11 is 1.49. The zero-order valence-electron chi connectivity index (χ0n) is 11.5. The third-order valence-corrected chi connectivity index (χ3v) is 4.29. The standard InChI is InChI=1S/C16H19FN2S/c1-12-5-4-6-13(9-12)10-14(19-18)11-20-16-8-3-2-7-15(16)17/h2-9,14,19H,10-11,18H2,1H3. The fraction of sp³-hybridized carbons (Fsp3) is 0.250. The molecule has 0 aliphatic heterocycles. The van der Waals surface area contributed by atoms with Gasteiger partial charge < -0.3 is 0 Å². The Morgan fingerprint density at radius 2 is 2.00 bits per heavy atom. The van der Waals surface area contributed by atoms with Gasteiger partial charge in [0.2, 0.25) is 0 Å². The minimum Gasteiger partial charge on any atom is -0.271 e. The maximum Gasteiger partial charge on any atom is 0.136 e. The van der Waals surface area contributed by atoms with Crippen molar-refractivity contribution in [3.63, 3.8) is 0 Å². The number of halogens is 1. The first kappa shape index (κ1) is 15.0. The van der Waals surface area contributed by atoms with E-state index in [0.29, 0.717) is 4.90 Å². The normalized spacial score (nSPS) is 12.3. The lowest BCUT2D eigenvalue weighted by Crippen LogP contribution is -2.38. The minimum atomic E-state index is -0.177. The summed E-state index contributed by atoms with van der Waals surface area (Å²) < 4.78 is 13.6. The first-order valence-corrected chi connectivity index (χ1v) is 7.56. The first-order valence-electron chi connectivity index (χ1n) is 6.58. The van der Waals surface area contributed by atoms with Crippen molar-refractivity contribution >= 4 is 11.8 Å². The van der Waals surface area contributed by atoms with E-state index in [1.54, 1.807) is 12.1 Å². The molecule has 1 unspecified atom stereocenters. The molecular formula is C16H19FN2S. The molecule has 0 heterocycles. The maximum atomic E-state index is 13.6. The minimum absolute atomic E-state index is 0.112. The first-order chi connectivity index (χ1) is 9.69. The third-order valence-electron chi connectivity index (χ3n) is 3.08. The van der Waals surface area contributed by atoms with Crippen LogP contribution in [-0.2, 0) is 6.42 Å². The quantitative estimate of drug-likeness (QED) is 0.487. The molecule has 2 rings (SSSR count). The Balaban J connectivity index is 1.94. The Bertz CT molecular complexity index is 560. The van der Waals surface area contributed by atoms with Crippen LogP contribution < -0.4 is 11.3 Å². The summed E-state index contributed by atoms with van der Waals surface area (Å²) in [7, 11) is 0. The summed E-state index contributed by atoms with van der Waals surface area (Å²) in [4.78, 5) is 0.664. The summed E-state index contributed by atoms with van der Waals surface area (Å²) in [5.74, 6) is 6.15. The van der Waals surface area contributed by atoms with Crippen molar-refractivity contribution in [1.82, 2.24) is 5.43 Å². The van der Waals surface area contributed by atoms with Crippen LogP contribution >= 0.6 is 11.8 Å².